The molecule has 10 nitrogen and oxygen atoms in total. The largest absolute Gasteiger partial charge is 0.481 e. The third kappa shape index (κ3) is 6.96. The summed E-state index contributed by atoms with van der Waals surface area (Å²) in [4.78, 5) is 26.6. The maximum atomic E-state index is 13.3. The van der Waals surface area contributed by atoms with Crippen LogP contribution in [0.25, 0.3) is 22.3 Å². The number of aliphatic hydroxyl groups excluding tert-OH is 1. The van der Waals surface area contributed by atoms with Crippen LogP contribution in [0.1, 0.15) is 26.7 Å². The molecule has 1 atom stereocenters. The van der Waals surface area contributed by atoms with Crippen LogP contribution in [-0.2, 0) is 11.3 Å². The van der Waals surface area contributed by atoms with E-state index in [0.717, 1.165) is 30.5 Å². The molecular weight excluding hydrogens is 436 g/mol. The quantitative estimate of drug-likeness (QED) is 0.304. The van der Waals surface area contributed by atoms with Gasteiger partial charge in [-0.15, -0.1) is 0 Å². The predicted molar refractivity (Wildman–Crippen MR) is 132 cm³/mol. The molecule has 34 heavy (non-hydrogen) atoms. The summed E-state index contributed by atoms with van der Waals surface area (Å²) < 4.78 is 12.4. The number of aliphatic hydroxyl groups is 1. The van der Waals surface area contributed by atoms with Crippen LogP contribution in [-0.4, -0.2) is 70.7 Å². The molecule has 3 aromatic rings. The maximum Gasteiger partial charge on any atom is 0.293 e. The molecule has 0 amide bonds. The van der Waals surface area contributed by atoms with Crippen molar-refractivity contribution in [3.63, 3.8) is 0 Å². The van der Waals surface area contributed by atoms with Gasteiger partial charge in [-0.2, -0.15) is 0 Å². The van der Waals surface area contributed by atoms with Gasteiger partial charge in [0.1, 0.15) is 0 Å². The topological polar surface area (TPSA) is 123 Å². The van der Waals surface area contributed by atoms with Gasteiger partial charge in [0.2, 0.25) is 5.88 Å². The Kier molecular flexibility index (Phi) is 9.75. The van der Waals surface area contributed by atoms with Crippen molar-refractivity contribution in [1.29, 1.82) is 0 Å². The molecule has 3 rings (SSSR count). The van der Waals surface area contributed by atoms with Crippen molar-refractivity contribution in [3.8, 4) is 17.0 Å². The fraction of sp³-hybridized carbons (Fsp3) is 0.500. The van der Waals surface area contributed by atoms with Gasteiger partial charge in [-0.25, -0.2) is 15.0 Å². The van der Waals surface area contributed by atoms with E-state index >= 15 is 0 Å². The highest BCUT2D eigenvalue weighted by molar-refractivity contribution is 5.78. The Hall–Kier alpha value is -3.08. The summed E-state index contributed by atoms with van der Waals surface area (Å²) in [6, 6.07) is 5.59. The predicted octanol–water partition coefficient (Wildman–Crippen LogP) is 2.06. The first kappa shape index (κ1) is 25.5. The molecule has 3 aromatic heterocycles. The second kappa shape index (κ2) is 13.0. The van der Waals surface area contributed by atoms with Gasteiger partial charge < -0.3 is 25.2 Å². The van der Waals surface area contributed by atoms with E-state index < -0.39 is 0 Å². The number of aromatic nitrogens is 4. The number of anilines is 1. The van der Waals surface area contributed by atoms with Crippen molar-refractivity contribution in [1.82, 2.24) is 24.8 Å². The molecule has 0 aliphatic rings. The Morgan fingerprint density at radius 1 is 1.15 bits per heavy atom. The van der Waals surface area contributed by atoms with E-state index in [9.17, 15) is 9.90 Å². The van der Waals surface area contributed by atoms with Gasteiger partial charge in [-0.05, 0) is 38.4 Å². The van der Waals surface area contributed by atoms with Gasteiger partial charge in [0.15, 0.2) is 11.5 Å². The minimum atomic E-state index is -0.387. The molecule has 0 bridgehead atoms. The summed E-state index contributed by atoms with van der Waals surface area (Å²) in [5.74, 6) is 0.797. The van der Waals surface area contributed by atoms with Crippen LogP contribution < -0.4 is 20.9 Å². The van der Waals surface area contributed by atoms with Crippen LogP contribution in [0, 0.1) is 0 Å². The molecule has 0 aromatic carbocycles. The minimum absolute atomic E-state index is 0.212. The lowest BCUT2D eigenvalue weighted by Crippen LogP contribution is -2.29. The summed E-state index contributed by atoms with van der Waals surface area (Å²) in [5.41, 5.74) is 2.61. The number of hydrogen-bond acceptors (Lipinski definition) is 9. The van der Waals surface area contributed by atoms with Crippen molar-refractivity contribution < 1.29 is 14.6 Å². The van der Waals surface area contributed by atoms with Crippen LogP contribution in [0.15, 0.2) is 35.4 Å². The van der Waals surface area contributed by atoms with Gasteiger partial charge in [-0.3, -0.25) is 9.36 Å². The zero-order chi connectivity index (χ0) is 24.3. The van der Waals surface area contributed by atoms with Gasteiger partial charge in [-0.1, -0.05) is 6.92 Å². The van der Waals surface area contributed by atoms with Crippen LogP contribution in [0.2, 0.25) is 0 Å². The monoisotopic (exact) mass is 470 g/mol. The average Bonchev–Trinajstić information content (AvgIpc) is 2.85. The third-order valence-corrected chi connectivity index (χ3v) is 5.15. The molecule has 0 radical (unpaired) electrons. The van der Waals surface area contributed by atoms with Crippen molar-refractivity contribution in [2.45, 2.75) is 39.3 Å². The SMILES string of the molecule is CCCOCCn1c(=O)c(NCCCNCC(C)O)nc2ncc(-c3ccc(OC)nc3)cc21. The normalized spacial score (nSPS) is 12.1. The molecule has 184 valence electrons. The Bertz CT molecular complexity index is 1100. The second-order valence-electron chi connectivity index (χ2n) is 8.02. The Labute approximate surface area is 199 Å². The van der Waals surface area contributed by atoms with Gasteiger partial charge >= 0.3 is 0 Å². The van der Waals surface area contributed by atoms with Crippen molar-refractivity contribution in [2.75, 3.05) is 45.3 Å². The molecule has 0 saturated carbocycles. The first-order chi connectivity index (χ1) is 16.5. The molecule has 0 aliphatic carbocycles. The summed E-state index contributed by atoms with van der Waals surface area (Å²) in [5, 5.41) is 15.6. The second-order valence-corrected chi connectivity index (χ2v) is 8.02. The summed E-state index contributed by atoms with van der Waals surface area (Å²) in [6.07, 6.45) is 4.75. The summed E-state index contributed by atoms with van der Waals surface area (Å²) >= 11 is 0. The van der Waals surface area contributed by atoms with E-state index in [-0.39, 0.29) is 17.5 Å². The Balaban J connectivity index is 1.85. The fourth-order valence-corrected chi connectivity index (χ4v) is 3.42. The molecule has 3 N–H and O–H groups in total. The first-order valence-corrected chi connectivity index (χ1v) is 11.6. The lowest BCUT2D eigenvalue weighted by Gasteiger charge is -2.14. The molecule has 10 heteroatoms. The molecule has 3 heterocycles. The summed E-state index contributed by atoms with van der Waals surface area (Å²) in [7, 11) is 1.57. The van der Waals surface area contributed by atoms with E-state index in [1.165, 1.54) is 0 Å². The van der Waals surface area contributed by atoms with E-state index in [0.29, 0.717) is 49.9 Å². The third-order valence-electron chi connectivity index (χ3n) is 5.15. The highest BCUT2D eigenvalue weighted by atomic mass is 16.5. The fourth-order valence-electron chi connectivity index (χ4n) is 3.42. The van der Waals surface area contributed by atoms with Crippen molar-refractivity contribution in [2.24, 2.45) is 0 Å². The van der Waals surface area contributed by atoms with Crippen LogP contribution in [0.5, 0.6) is 5.88 Å². The van der Waals surface area contributed by atoms with E-state index in [1.54, 1.807) is 37.1 Å². The number of hydrogen-bond donors (Lipinski definition) is 3. The molecule has 1 unspecified atom stereocenters. The molecule has 0 aliphatic heterocycles. The highest BCUT2D eigenvalue weighted by Gasteiger charge is 2.13. The standard InChI is InChI=1S/C24H34N6O4/c1-4-11-34-12-10-30-20-13-19(18-6-7-21(33-3)27-15-18)16-28-22(20)29-23(24(30)32)26-9-5-8-25-14-17(2)31/h6-7,13,15-17,25,31H,4-5,8-12,14H2,1-3H3,(H,26,28,29). The minimum Gasteiger partial charge on any atom is -0.481 e. The van der Waals surface area contributed by atoms with Crippen LogP contribution >= 0.6 is 0 Å². The lowest BCUT2D eigenvalue weighted by molar-refractivity contribution is 0.127. The van der Waals surface area contributed by atoms with Crippen molar-refractivity contribution >= 4 is 17.0 Å². The maximum absolute atomic E-state index is 13.3. The number of nitrogens with zero attached hydrogens (tertiary/aromatic N) is 4. The van der Waals surface area contributed by atoms with Crippen molar-refractivity contribution in [3.05, 3.63) is 40.9 Å². The highest BCUT2D eigenvalue weighted by Crippen LogP contribution is 2.23. The molecule has 0 saturated heterocycles. The van der Waals surface area contributed by atoms with Crippen LogP contribution in [0.4, 0.5) is 5.82 Å². The smallest absolute Gasteiger partial charge is 0.293 e. The van der Waals surface area contributed by atoms with Gasteiger partial charge in [0.05, 0.1) is 25.3 Å². The average molecular weight is 471 g/mol. The van der Waals surface area contributed by atoms with Crippen LogP contribution in [0.3, 0.4) is 0 Å². The Morgan fingerprint density at radius 2 is 1.97 bits per heavy atom. The molecule has 0 spiro atoms. The zero-order valence-corrected chi connectivity index (χ0v) is 20.1. The Morgan fingerprint density at radius 3 is 2.68 bits per heavy atom. The van der Waals surface area contributed by atoms with Gasteiger partial charge in [0, 0.05) is 55.8 Å². The molecule has 0 fully saturated rings. The number of pyridine rings is 2. The number of rotatable bonds is 14. The van der Waals surface area contributed by atoms with E-state index in [4.69, 9.17) is 9.47 Å². The zero-order valence-electron chi connectivity index (χ0n) is 20.1. The van der Waals surface area contributed by atoms with E-state index in [1.807, 2.05) is 19.1 Å². The summed E-state index contributed by atoms with van der Waals surface area (Å²) in [6.45, 7) is 7.08. The lowest BCUT2D eigenvalue weighted by atomic mass is 10.1. The number of methoxy groups -OCH3 is 1. The molecular formula is C24H34N6O4. The number of nitrogens with one attached hydrogen (secondary N) is 2. The van der Waals surface area contributed by atoms with Gasteiger partial charge in [0.25, 0.3) is 5.56 Å². The first-order valence-electron chi connectivity index (χ1n) is 11.6. The number of ether oxygens (including phenoxy) is 2. The van der Waals surface area contributed by atoms with E-state index in [2.05, 4.69) is 25.6 Å². The number of fused-ring (bicyclic) bond motifs is 1.